The SMILES string of the molecule is Fc1ccc2c(c1F)-c1cc(N3CC[C@H](F)C3)sc1-c1ccccc1C2. The van der Waals surface area contributed by atoms with Gasteiger partial charge in [-0.15, -0.1) is 11.3 Å². The number of nitrogens with zero attached hydrogens (tertiary/aromatic N) is 1. The number of hydrogen-bond acceptors (Lipinski definition) is 2. The summed E-state index contributed by atoms with van der Waals surface area (Å²) in [6.07, 6.45) is 0.250. The van der Waals surface area contributed by atoms with E-state index in [1.807, 2.05) is 35.2 Å². The molecule has 1 saturated heterocycles. The van der Waals surface area contributed by atoms with Crippen molar-refractivity contribution in [1.29, 1.82) is 0 Å². The van der Waals surface area contributed by atoms with E-state index < -0.39 is 17.8 Å². The van der Waals surface area contributed by atoms with Gasteiger partial charge in [0.2, 0.25) is 0 Å². The van der Waals surface area contributed by atoms with E-state index in [1.54, 1.807) is 6.07 Å². The predicted molar refractivity (Wildman–Crippen MR) is 99.6 cm³/mol. The predicted octanol–water partition coefficient (Wildman–Crippen LogP) is 5.81. The van der Waals surface area contributed by atoms with Crippen LogP contribution in [0.3, 0.4) is 0 Å². The van der Waals surface area contributed by atoms with E-state index in [4.69, 9.17) is 0 Å². The zero-order valence-corrected chi connectivity index (χ0v) is 14.8. The van der Waals surface area contributed by atoms with Crippen molar-refractivity contribution >= 4 is 16.3 Å². The first-order chi connectivity index (χ1) is 12.6. The van der Waals surface area contributed by atoms with Crippen LogP contribution in [-0.2, 0) is 6.42 Å². The second-order valence-electron chi connectivity index (χ2n) is 6.89. The van der Waals surface area contributed by atoms with Gasteiger partial charge in [0.05, 0.1) is 5.00 Å². The van der Waals surface area contributed by atoms with Gasteiger partial charge < -0.3 is 4.90 Å². The van der Waals surface area contributed by atoms with Gasteiger partial charge in [-0.3, -0.25) is 0 Å². The lowest BCUT2D eigenvalue weighted by Gasteiger charge is -2.14. The lowest BCUT2D eigenvalue weighted by Crippen LogP contribution is -2.18. The maximum Gasteiger partial charge on any atom is 0.166 e. The first-order valence-corrected chi connectivity index (χ1v) is 9.52. The lowest BCUT2D eigenvalue weighted by atomic mass is 9.98. The Hall–Kier alpha value is -2.27. The molecule has 26 heavy (non-hydrogen) atoms. The van der Waals surface area contributed by atoms with Crippen molar-refractivity contribution < 1.29 is 13.2 Å². The number of anilines is 1. The van der Waals surface area contributed by atoms with Crippen molar-refractivity contribution in [3.8, 4) is 21.6 Å². The quantitative estimate of drug-likeness (QED) is 0.408. The van der Waals surface area contributed by atoms with Crippen molar-refractivity contribution in [2.75, 3.05) is 18.0 Å². The van der Waals surface area contributed by atoms with Crippen LogP contribution in [0.25, 0.3) is 21.6 Å². The molecule has 0 radical (unpaired) electrons. The fraction of sp³-hybridized carbons (Fsp3) is 0.238. The molecular formula is C21H16F3NS. The van der Waals surface area contributed by atoms with Crippen molar-refractivity contribution in [2.24, 2.45) is 0 Å². The van der Waals surface area contributed by atoms with Gasteiger partial charge in [0.25, 0.3) is 0 Å². The largest absolute Gasteiger partial charge is 0.360 e. The Morgan fingerprint density at radius 3 is 2.65 bits per heavy atom. The minimum Gasteiger partial charge on any atom is -0.360 e. The van der Waals surface area contributed by atoms with Gasteiger partial charge in [-0.2, -0.15) is 0 Å². The van der Waals surface area contributed by atoms with E-state index in [2.05, 4.69) is 0 Å². The zero-order chi connectivity index (χ0) is 17.8. The van der Waals surface area contributed by atoms with Gasteiger partial charge in [0, 0.05) is 29.1 Å². The molecule has 1 nitrogen and oxygen atoms in total. The first kappa shape index (κ1) is 15.9. The summed E-state index contributed by atoms with van der Waals surface area (Å²) in [4.78, 5) is 2.94. The van der Waals surface area contributed by atoms with E-state index in [1.165, 1.54) is 17.4 Å². The summed E-state index contributed by atoms with van der Waals surface area (Å²) < 4.78 is 42.4. The molecule has 0 spiro atoms. The lowest BCUT2D eigenvalue weighted by molar-refractivity contribution is 0.364. The number of rotatable bonds is 1. The molecule has 1 aliphatic heterocycles. The summed E-state index contributed by atoms with van der Waals surface area (Å²) in [7, 11) is 0. The van der Waals surface area contributed by atoms with Crippen molar-refractivity contribution in [1.82, 2.24) is 0 Å². The van der Waals surface area contributed by atoms with Crippen molar-refractivity contribution in [3.63, 3.8) is 0 Å². The third-order valence-corrected chi connectivity index (χ3v) is 6.48. The average molecular weight is 371 g/mol. The van der Waals surface area contributed by atoms with Gasteiger partial charge in [0.1, 0.15) is 6.17 Å². The van der Waals surface area contributed by atoms with Gasteiger partial charge in [-0.05, 0) is 41.7 Å². The minimum absolute atomic E-state index is 0.342. The fourth-order valence-corrected chi connectivity index (χ4v) is 5.23. The maximum atomic E-state index is 14.8. The highest BCUT2D eigenvalue weighted by molar-refractivity contribution is 7.20. The molecule has 2 aliphatic rings. The number of thiophene rings is 1. The highest BCUT2D eigenvalue weighted by atomic mass is 32.1. The summed E-state index contributed by atoms with van der Waals surface area (Å²) in [5, 5.41) is 0.918. The number of halogens is 3. The average Bonchev–Trinajstić information content (AvgIpc) is 3.23. The Kier molecular flexibility index (Phi) is 3.60. The standard InChI is InChI=1S/C21H16F3NS/c22-14-7-8-25(11-14)18-10-16-19-13(5-6-17(23)20(19)24)9-12-3-1-2-4-15(12)21(16)26-18/h1-6,10,14H,7-9,11H2/t14-/m0/s1. The van der Waals surface area contributed by atoms with Crippen LogP contribution in [0.5, 0.6) is 0 Å². The maximum absolute atomic E-state index is 14.8. The molecule has 1 aromatic heterocycles. The molecule has 0 amide bonds. The Morgan fingerprint density at radius 2 is 1.85 bits per heavy atom. The molecule has 1 fully saturated rings. The van der Waals surface area contributed by atoms with E-state index in [0.717, 1.165) is 26.6 Å². The van der Waals surface area contributed by atoms with Gasteiger partial charge in [-0.1, -0.05) is 30.3 Å². The molecule has 5 rings (SSSR count). The Bertz CT molecular complexity index is 1010. The van der Waals surface area contributed by atoms with Gasteiger partial charge >= 0.3 is 0 Å². The summed E-state index contributed by atoms with van der Waals surface area (Å²) >= 11 is 1.54. The molecule has 0 N–H and O–H groups in total. The second-order valence-corrected chi connectivity index (χ2v) is 7.92. The smallest absolute Gasteiger partial charge is 0.166 e. The van der Waals surface area contributed by atoms with E-state index >= 15 is 0 Å². The van der Waals surface area contributed by atoms with Crippen LogP contribution in [0.15, 0.2) is 42.5 Å². The monoisotopic (exact) mass is 371 g/mol. The number of hydrogen-bond donors (Lipinski definition) is 0. The molecule has 5 heteroatoms. The van der Waals surface area contributed by atoms with Crippen molar-refractivity contribution in [2.45, 2.75) is 19.0 Å². The van der Waals surface area contributed by atoms with E-state index in [-0.39, 0.29) is 0 Å². The molecule has 0 unspecified atom stereocenters. The molecule has 2 aromatic carbocycles. The zero-order valence-electron chi connectivity index (χ0n) is 13.9. The first-order valence-electron chi connectivity index (χ1n) is 8.70. The van der Waals surface area contributed by atoms with Crippen LogP contribution in [0.4, 0.5) is 18.2 Å². The van der Waals surface area contributed by atoms with Crippen LogP contribution in [-0.4, -0.2) is 19.3 Å². The number of fused-ring (bicyclic) bond motifs is 5. The summed E-state index contributed by atoms with van der Waals surface area (Å²) in [5.74, 6) is -1.64. The minimum atomic E-state index is -0.835. The van der Waals surface area contributed by atoms with Crippen molar-refractivity contribution in [3.05, 3.63) is 65.2 Å². The molecule has 132 valence electrons. The summed E-state index contributed by atoms with van der Waals surface area (Å²) in [5.41, 5.74) is 3.98. The Balaban J connectivity index is 1.77. The van der Waals surface area contributed by atoms with Crippen LogP contribution < -0.4 is 4.90 Å². The molecule has 2 heterocycles. The topological polar surface area (TPSA) is 3.24 Å². The Morgan fingerprint density at radius 1 is 1.00 bits per heavy atom. The molecule has 0 saturated carbocycles. The molecule has 1 aliphatic carbocycles. The van der Waals surface area contributed by atoms with Gasteiger partial charge in [-0.25, -0.2) is 13.2 Å². The highest BCUT2D eigenvalue weighted by Gasteiger charge is 2.29. The fourth-order valence-electron chi connectivity index (χ4n) is 3.97. The molecule has 0 bridgehead atoms. The third-order valence-electron chi connectivity index (χ3n) is 5.25. The van der Waals surface area contributed by atoms with E-state index in [0.29, 0.717) is 37.1 Å². The van der Waals surface area contributed by atoms with Crippen LogP contribution >= 0.6 is 11.3 Å². The van der Waals surface area contributed by atoms with Crippen LogP contribution in [0.1, 0.15) is 17.5 Å². The number of alkyl halides is 1. The number of benzene rings is 2. The third kappa shape index (κ3) is 2.37. The summed E-state index contributed by atoms with van der Waals surface area (Å²) in [6.45, 7) is 1.01. The molecule has 1 atom stereocenters. The summed E-state index contributed by atoms with van der Waals surface area (Å²) in [6, 6.07) is 12.8. The molecule has 3 aromatic rings. The normalized spacial score (nSPS) is 18.3. The van der Waals surface area contributed by atoms with Crippen LogP contribution in [0, 0.1) is 11.6 Å². The Labute approximate surface area is 153 Å². The van der Waals surface area contributed by atoms with E-state index in [9.17, 15) is 13.2 Å². The highest BCUT2D eigenvalue weighted by Crippen LogP contribution is 2.49. The van der Waals surface area contributed by atoms with Crippen LogP contribution in [0.2, 0.25) is 0 Å². The molecular weight excluding hydrogens is 355 g/mol. The van der Waals surface area contributed by atoms with Gasteiger partial charge in [0.15, 0.2) is 11.6 Å². The second kappa shape index (κ2) is 5.88.